The lowest BCUT2D eigenvalue weighted by atomic mass is 10.2. The monoisotopic (exact) mass is 347 g/mol. The molecule has 0 saturated carbocycles. The molecule has 1 heterocycles. The minimum atomic E-state index is -4.72. The number of carbonyl (C=O) groups is 1. The van der Waals surface area contributed by atoms with E-state index in [2.05, 4.69) is 4.74 Å². The second-order valence-electron chi connectivity index (χ2n) is 6.47. The lowest BCUT2D eigenvalue weighted by Crippen LogP contribution is -2.36. The molecule has 1 aromatic rings. The van der Waals surface area contributed by atoms with Gasteiger partial charge in [-0.15, -0.1) is 13.2 Å². The summed E-state index contributed by atoms with van der Waals surface area (Å²) in [7, 11) is 0. The Morgan fingerprint density at radius 2 is 1.71 bits per heavy atom. The van der Waals surface area contributed by atoms with Crippen molar-refractivity contribution in [3.8, 4) is 11.5 Å². The molecule has 1 aromatic carbocycles. The highest BCUT2D eigenvalue weighted by atomic mass is 19.4. The van der Waals surface area contributed by atoms with Gasteiger partial charge in [-0.1, -0.05) is 0 Å². The van der Waals surface area contributed by atoms with Gasteiger partial charge in [-0.3, -0.25) is 0 Å². The fraction of sp³-hybridized carbons (Fsp3) is 0.562. The third-order valence-corrected chi connectivity index (χ3v) is 3.16. The molecule has 2 rings (SSSR count). The van der Waals surface area contributed by atoms with Gasteiger partial charge in [0.25, 0.3) is 0 Å². The molecule has 1 aliphatic rings. The zero-order valence-electron chi connectivity index (χ0n) is 13.7. The maximum absolute atomic E-state index is 12.1. The van der Waals surface area contributed by atoms with Gasteiger partial charge in [0.15, 0.2) is 0 Å². The highest BCUT2D eigenvalue weighted by Crippen LogP contribution is 2.26. The van der Waals surface area contributed by atoms with E-state index in [9.17, 15) is 18.0 Å². The van der Waals surface area contributed by atoms with Gasteiger partial charge in [0.05, 0.1) is 6.54 Å². The van der Waals surface area contributed by atoms with Crippen LogP contribution in [0.1, 0.15) is 27.2 Å². The van der Waals surface area contributed by atoms with Gasteiger partial charge in [0.1, 0.15) is 23.2 Å². The van der Waals surface area contributed by atoms with E-state index in [1.165, 1.54) is 24.3 Å². The van der Waals surface area contributed by atoms with Crippen LogP contribution in [0.25, 0.3) is 0 Å². The van der Waals surface area contributed by atoms with Crippen LogP contribution in [0.2, 0.25) is 0 Å². The number of nitrogens with zero attached hydrogens (tertiary/aromatic N) is 1. The van der Waals surface area contributed by atoms with E-state index in [1.807, 2.05) is 0 Å². The maximum Gasteiger partial charge on any atom is 0.573 e. The topological polar surface area (TPSA) is 48.0 Å². The van der Waals surface area contributed by atoms with Crippen LogP contribution >= 0.6 is 0 Å². The molecule has 0 spiro atoms. The van der Waals surface area contributed by atoms with Crippen molar-refractivity contribution in [1.82, 2.24) is 4.90 Å². The smallest absolute Gasteiger partial charge is 0.489 e. The van der Waals surface area contributed by atoms with Crippen LogP contribution < -0.4 is 9.47 Å². The second kappa shape index (κ2) is 6.78. The van der Waals surface area contributed by atoms with E-state index in [1.54, 1.807) is 25.7 Å². The van der Waals surface area contributed by atoms with Crippen molar-refractivity contribution in [2.24, 2.45) is 0 Å². The summed E-state index contributed by atoms with van der Waals surface area (Å²) in [5.41, 5.74) is -0.565. The molecule has 0 N–H and O–H groups in total. The Labute approximate surface area is 138 Å². The average Bonchev–Trinajstić information content (AvgIpc) is 2.86. The SMILES string of the molecule is CC(C)(C)OC(=O)N1CC[C@@H](Oc2ccc(OC(F)(F)F)cc2)C1. The molecular formula is C16H20F3NO4. The largest absolute Gasteiger partial charge is 0.573 e. The maximum atomic E-state index is 12.1. The summed E-state index contributed by atoms with van der Waals surface area (Å²) in [6, 6.07) is 5.17. The molecule has 1 aliphatic heterocycles. The number of rotatable bonds is 3. The second-order valence-corrected chi connectivity index (χ2v) is 6.47. The molecule has 0 aliphatic carbocycles. The van der Waals surface area contributed by atoms with Crippen LogP contribution in [0.5, 0.6) is 11.5 Å². The van der Waals surface area contributed by atoms with Crippen molar-refractivity contribution in [2.45, 2.75) is 45.3 Å². The highest BCUT2D eigenvalue weighted by Gasteiger charge is 2.32. The summed E-state index contributed by atoms with van der Waals surface area (Å²) in [4.78, 5) is 13.5. The molecule has 8 heteroatoms. The first-order valence-electron chi connectivity index (χ1n) is 7.52. The van der Waals surface area contributed by atoms with Crippen molar-refractivity contribution in [2.75, 3.05) is 13.1 Å². The fourth-order valence-corrected chi connectivity index (χ4v) is 2.23. The lowest BCUT2D eigenvalue weighted by molar-refractivity contribution is -0.274. The summed E-state index contributed by atoms with van der Waals surface area (Å²) < 4.78 is 51.1. The van der Waals surface area contributed by atoms with Gasteiger partial charge in [0.2, 0.25) is 0 Å². The Kier molecular flexibility index (Phi) is 5.15. The number of carbonyl (C=O) groups excluding carboxylic acids is 1. The Balaban J connectivity index is 1.86. The van der Waals surface area contributed by atoms with Crippen LogP contribution in [0.3, 0.4) is 0 Å². The van der Waals surface area contributed by atoms with Crippen molar-refractivity contribution in [3.63, 3.8) is 0 Å². The van der Waals surface area contributed by atoms with Crippen LogP contribution in [0.15, 0.2) is 24.3 Å². The molecule has 0 bridgehead atoms. The number of halogens is 3. The lowest BCUT2D eigenvalue weighted by Gasteiger charge is -2.24. The molecule has 1 fully saturated rings. The van der Waals surface area contributed by atoms with Gasteiger partial charge in [-0.2, -0.15) is 0 Å². The van der Waals surface area contributed by atoms with E-state index < -0.39 is 18.1 Å². The normalized spacial score (nSPS) is 18.4. The van der Waals surface area contributed by atoms with E-state index in [-0.39, 0.29) is 11.9 Å². The summed E-state index contributed by atoms with van der Waals surface area (Å²) >= 11 is 0. The van der Waals surface area contributed by atoms with Crippen LogP contribution in [0, 0.1) is 0 Å². The van der Waals surface area contributed by atoms with Crippen LogP contribution in [0.4, 0.5) is 18.0 Å². The van der Waals surface area contributed by atoms with Gasteiger partial charge in [-0.25, -0.2) is 4.79 Å². The zero-order chi connectivity index (χ0) is 18.0. The van der Waals surface area contributed by atoms with E-state index in [0.717, 1.165) is 0 Å². The molecule has 0 radical (unpaired) electrons. The Bertz CT molecular complexity index is 566. The number of ether oxygens (including phenoxy) is 3. The number of hydrogen-bond acceptors (Lipinski definition) is 4. The molecule has 24 heavy (non-hydrogen) atoms. The summed E-state index contributed by atoms with van der Waals surface area (Å²) in [6.45, 7) is 6.25. The minimum absolute atomic E-state index is 0.230. The van der Waals surface area contributed by atoms with Crippen LogP contribution in [-0.4, -0.2) is 42.2 Å². The highest BCUT2D eigenvalue weighted by molar-refractivity contribution is 5.68. The molecule has 1 atom stereocenters. The fourth-order valence-electron chi connectivity index (χ4n) is 2.23. The predicted octanol–water partition coefficient (Wildman–Crippen LogP) is 3.97. The van der Waals surface area contributed by atoms with Crippen molar-refractivity contribution < 1.29 is 32.2 Å². The Hall–Kier alpha value is -2.12. The first-order valence-corrected chi connectivity index (χ1v) is 7.52. The van der Waals surface area contributed by atoms with Crippen molar-refractivity contribution >= 4 is 6.09 Å². The standard InChI is InChI=1S/C16H20F3NO4/c1-15(2,3)24-14(21)20-9-8-13(10-20)22-11-4-6-12(7-5-11)23-16(17,18)19/h4-7,13H,8-10H2,1-3H3/t13-/m1/s1. The number of hydrogen-bond donors (Lipinski definition) is 0. The third-order valence-electron chi connectivity index (χ3n) is 3.16. The third kappa shape index (κ3) is 5.82. The Morgan fingerprint density at radius 1 is 1.12 bits per heavy atom. The average molecular weight is 347 g/mol. The molecule has 134 valence electrons. The number of alkyl halides is 3. The van der Waals surface area contributed by atoms with Crippen molar-refractivity contribution in [1.29, 1.82) is 0 Å². The van der Waals surface area contributed by atoms with Gasteiger partial charge in [0, 0.05) is 13.0 Å². The van der Waals surface area contributed by atoms with E-state index in [0.29, 0.717) is 25.3 Å². The first kappa shape index (κ1) is 18.2. The van der Waals surface area contributed by atoms with Crippen molar-refractivity contribution in [3.05, 3.63) is 24.3 Å². The molecule has 5 nitrogen and oxygen atoms in total. The first-order chi connectivity index (χ1) is 11.0. The molecule has 0 aromatic heterocycles. The molecular weight excluding hydrogens is 327 g/mol. The number of benzene rings is 1. The molecule has 1 saturated heterocycles. The van der Waals surface area contributed by atoms with Gasteiger partial charge < -0.3 is 19.1 Å². The molecule has 0 unspecified atom stereocenters. The molecule has 1 amide bonds. The summed E-state index contributed by atoms with van der Waals surface area (Å²) in [5.74, 6) is 0.109. The van der Waals surface area contributed by atoms with Gasteiger partial charge in [-0.05, 0) is 45.0 Å². The quantitative estimate of drug-likeness (QED) is 0.830. The van der Waals surface area contributed by atoms with Gasteiger partial charge >= 0.3 is 12.5 Å². The van der Waals surface area contributed by atoms with Crippen LogP contribution in [-0.2, 0) is 4.74 Å². The summed E-state index contributed by atoms with van der Waals surface area (Å²) in [6.07, 6.45) is -4.73. The predicted molar refractivity (Wildman–Crippen MR) is 80.0 cm³/mol. The number of amides is 1. The minimum Gasteiger partial charge on any atom is -0.489 e. The van der Waals surface area contributed by atoms with E-state index >= 15 is 0 Å². The Morgan fingerprint density at radius 3 is 2.25 bits per heavy atom. The zero-order valence-corrected chi connectivity index (χ0v) is 13.7. The number of likely N-dealkylation sites (tertiary alicyclic amines) is 1. The summed E-state index contributed by atoms with van der Waals surface area (Å²) in [5, 5.41) is 0. The van der Waals surface area contributed by atoms with E-state index in [4.69, 9.17) is 9.47 Å².